The largest absolute Gasteiger partial charge is 0.518 e. The van der Waals surface area contributed by atoms with Gasteiger partial charge in [0.25, 0.3) is 0 Å². The van der Waals surface area contributed by atoms with Crippen LogP contribution >= 0.6 is 0 Å². The zero-order chi connectivity index (χ0) is 9.52. The minimum atomic E-state index is -0.675. The van der Waals surface area contributed by atoms with Crippen LogP contribution in [0.2, 0.25) is 23.1 Å². The fourth-order valence-electron chi connectivity index (χ4n) is 2.21. The molecule has 1 saturated heterocycles. The molecule has 0 atom stereocenters. The lowest BCUT2D eigenvalue weighted by Crippen LogP contribution is -2.67. The van der Waals surface area contributed by atoms with Gasteiger partial charge in [-0.3, -0.25) is 0 Å². The molecule has 0 N–H and O–H groups in total. The van der Waals surface area contributed by atoms with E-state index in [1.54, 1.807) is 0 Å². The highest BCUT2D eigenvalue weighted by atomic mass is 28.7. The average molecular weight is 226 g/mol. The van der Waals surface area contributed by atoms with Crippen molar-refractivity contribution in [2.45, 2.75) is 41.5 Å². The van der Waals surface area contributed by atoms with Crippen molar-refractivity contribution in [2.24, 2.45) is 0 Å². The molecule has 0 radical (unpaired) electrons. The van der Waals surface area contributed by atoms with Gasteiger partial charge in [0.2, 0.25) is 12.2 Å². The predicted molar refractivity (Wildman–Crippen MR) is 61.6 cm³/mol. The van der Waals surface area contributed by atoms with Crippen LogP contribution in [0.5, 0.6) is 0 Å². The summed E-state index contributed by atoms with van der Waals surface area (Å²) >= 11 is -1.16. The molecule has 1 nitrogen and oxygen atoms in total. The second kappa shape index (κ2) is 4.30. The first-order valence-electron chi connectivity index (χ1n) is 5.04. The average Bonchev–Trinajstić information content (AvgIpc) is 1.97. The van der Waals surface area contributed by atoms with Gasteiger partial charge in [-0.25, -0.2) is 0 Å². The molecule has 1 rings (SSSR count). The molecule has 64 valence electrons. The molecule has 0 saturated carbocycles. The lowest BCUT2D eigenvalue weighted by molar-refractivity contribution is 0.199. The Morgan fingerprint density at radius 3 is 1.92 bits per heavy atom. The highest BCUT2D eigenvalue weighted by Gasteiger charge is 2.51. The van der Waals surface area contributed by atoms with Gasteiger partial charge < -0.3 is 3.79 Å². The summed E-state index contributed by atoms with van der Waals surface area (Å²) in [5.41, 5.74) is 0. The van der Waals surface area contributed by atoms with Gasteiger partial charge in [-0.2, -0.15) is 0 Å². The van der Waals surface area contributed by atoms with E-state index in [1.807, 2.05) is 0 Å². The molecular weight excluding hydrogens is 208 g/mol. The molecule has 0 spiro atoms. The van der Waals surface area contributed by atoms with E-state index in [9.17, 15) is 0 Å². The van der Waals surface area contributed by atoms with E-state index in [4.69, 9.17) is 3.79 Å². The summed E-state index contributed by atoms with van der Waals surface area (Å²) in [4.78, 5) is 0. The van der Waals surface area contributed by atoms with Crippen molar-refractivity contribution in [2.75, 3.05) is 0 Å². The minimum Gasteiger partial charge on any atom is -0.518 e. The quantitative estimate of drug-likeness (QED) is 0.569. The molecule has 1 heterocycles. The van der Waals surface area contributed by atoms with Crippen molar-refractivity contribution >= 4 is 45.5 Å². The van der Waals surface area contributed by atoms with Crippen LogP contribution in [0.4, 0.5) is 0 Å². The molecule has 0 aliphatic carbocycles. The Bertz CT molecular complexity index is 173. The Labute approximate surface area is 89.8 Å². The predicted octanol–water partition coefficient (Wildman–Crippen LogP) is 1.56. The Morgan fingerprint density at radius 1 is 0.917 bits per heavy atom. The summed E-state index contributed by atoms with van der Waals surface area (Å²) in [6.07, 6.45) is 0. The number of hydrogen-bond acceptors (Lipinski definition) is 1. The van der Waals surface area contributed by atoms with Gasteiger partial charge in [-0.1, -0.05) is 19.6 Å². The monoisotopic (exact) mass is 226 g/mol. The van der Waals surface area contributed by atoms with Gasteiger partial charge >= 0.3 is 12.6 Å². The van der Waals surface area contributed by atoms with Crippen molar-refractivity contribution in [3.05, 3.63) is 0 Å². The molecular formula is C7H18Al4O. The highest BCUT2D eigenvalue weighted by Crippen LogP contribution is 2.24. The summed E-state index contributed by atoms with van der Waals surface area (Å²) in [5, 5.41) is 0. The van der Waals surface area contributed by atoms with Crippen LogP contribution in [0.15, 0.2) is 0 Å². The van der Waals surface area contributed by atoms with Crippen LogP contribution in [-0.4, -0.2) is 50.0 Å². The Morgan fingerprint density at radius 2 is 1.42 bits per heavy atom. The van der Waals surface area contributed by atoms with Crippen LogP contribution in [-0.2, 0) is 3.79 Å². The van der Waals surface area contributed by atoms with E-state index in [0.717, 1.165) is 0 Å². The molecule has 0 aromatic heterocycles. The summed E-state index contributed by atoms with van der Waals surface area (Å²) in [6, 6.07) is 0. The molecule has 1 fully saturated rings. The van der Waals surface area contributed by atoms with E-state index in [0.29, 0.717) is 4.46 Å². The van der Waals surface area contributed by atoms with Crippen LogP contribution in [0.3, 0.4) is 0 Å². The lowest BCUT2D eigenvalue weighted by Gasteiger charge is -2.42. The zero-order valence-corrected chi connectivity index (χ0v) is 13.8. The third kappa shape index (κ3) is 2.36. The first kappa shape index (κ1) is 12.2. The Hall–Kier alpha value is 2.09. The summed E-state index contributed by atoms with van der Waals surface area (Å²) in [6.45, 7) is 4.72. The summed E-state index contributed by atoms with van der Waals surface area (Å²) in [7, 11) is -0.557. The zero-order valence-electron chi connectivity index (χ0n) is 9.22. The molecule has 12 heavy (non-hydrogen) atoms. The lowest BCUT2D eigenvalue weighted by atomic mass is 10.5. The Kier molecular flexibility index (Phi) is 4.36. The van der Waals surface area contributed by atoms with E-state index < -0.39 is 24.8 Å². The van der Waals surface area contributed by atoms with Crippen molar-refractivity contribution in [3.63, 3.8) is 0 Å². The SMILES string of the molecule is [CH3][Al]1[O][C](C)(C)[Al]([CH3])[Al]([CH3])[Al]1[CH3]. The molecule has 0 bridgehead atoms. The van der Waals surface area contributed by atoms with E-state index in [2.05, 4.69) is 37.0 Å². The maximum atomic E-state index is 6.27. The van der Waals surface area contributed by atoms with Crippen LogP contribution < -0.4 is 0 Å². The van der Waals surface area contributed by atoms with E-state index >= 15 is 0 Å². The molecule has 0 aromatic carbocycles. The first-order valence-corrected chi connectivity index (χ1v) is 18.7. The molecule has 0 aromatic rings. The standard InChI is InChI=1S/C3H6O.4CH3.4Al/c1-3(2)4;;;;;;;;/h1-2H3;4*1H3;;;;/q-1;;;;;;;;+1. The Balaban J connectivity index is 2.78. The van der Waals surface area contributed by atoms with E-state index in [1.165, 1.54) is 0 Å². The van der Waals surface area contributed by atoms with E-state index in [-0.39, 0.29) is 20.7 Å². The van der Waals surface area contributed by atoms with Gasteiger partial charge in [0.1, 0.15) is 10.3 Å². The highest BCUT2D eigenvalue weighted by molar-refractivity contribution is 7.65. The maximum Gasteiger partial charge on any atom is 0.357 e. The summed E-state index contributed by atoms with van der Waals surface area (Å²) < 4.78 is 6.62. The first-order chi connectivity index (χ1) is 5.36. The second-order valence-electron chi connectivity index (χ2n) is 4.93. The topological polar surface area (TPSA) is 9.23 Å². The molecule has 5 heteroatoms. The molecule has 1 aliphatic rings. The van der Waals surface area contributed by atoms with Gasteiger partial charge in [0.05, 0.1) is 0 Å². The van der Waals surface area contributed by atoms with Crippen molar-refractivity contribution in [1.82, 2.24) is 0 Å². The smallest absolute Gasteiger partial charge is 0.357 e. The molecule has 0 amide bonds. The van der Waals surface area contributed by atoms with Gasteiger partial charge in [-0.15, -0.1) is 17.4 Å². The second-order valence-corrected chi connectivity index (χ2v) is 36.0. The van der Waals surface area contributed by atoms with Crippen LogP contribution in [0.25, 0.3) is 0 Å². The van der Waals surface area contributed by atoms with Crippen molar-refractivity contribution < 1.29 is 3.79 Å². The normalized spacial score (nSPS) is 23.5. The third-order valence-corrected chi connectivity index (χ3v) is 54.2. The van der Waals surface area contributed by atoms with Gasteiger partial charge in [0, 0.05) is 0 Å². The summed E-state index contributed by atoms with van der Waals surface area (Å²) in [5.74, 6) is 10.2. The number of hydrogen-bond donors (Lipinski definition) is 0. The van der Waals surface area contributed by atoms with Crippen LogP contribution in [0, 0.1) is 0 Å². The maximum absolute atomic E-state index is 6.27. The minimum absolute atomic E-state index is 0.251. The van der Waals surface area contributed by atoms with Crippen molar-refractivity contribution in [3.8, 4) is 0 Å². The fourth-order valence-corrected chi connectivity index (χ4v) is 58.1. The van der Waals surface area contributed by atoms with Crippen molar-refractivity contribution in [1.29, 1.82) is 0 Å². The number of rotatable bonds is 0. The molecule has 1 aliphatic heterocycles. The van der Waals surface area contributed by atoms with Gasteiger partial charge in [-0.05, 0) is 4.46 Å². The van der Waals surface area contributed by atoms with Crippen LogP contribution in [0.1, 0.15) is 13.8 Å². The molecule has 0 unspecified atom stereocenters. The van der Waals surface area contributed by atoms with Gasteiger partial charge in [0.15, 0.2) is 10.3 Å². The fraction of sp³-hybridized carbons (Fsp3) is 1.00. The third-order valence-electron chi connectivity index (χ3n) is 3.94.